The lowest BCUT2D eigenvalue weighted by Crippen LogP contribution is -2.48. The van der Waals surface area contributed by atoms with Crippen LogP contribution in [0.4, 0.5) is 10.1 Å². The average Bonchev–Trinajstić information content (AvgIpc) is 3.15. The fourth-order valence-electron chi connectivity index (χ4n) is 4.22. The van der Waals surface area contributed by atoms with E-state index in [4.69, 9.17) is 9.15 Å². The average molecular weight is 423 g/mol. The van der Waals surface area contributed by atoms with E-state index < -0.39 is 0 Å². The Bertz CT molecular complexity index is 1160. The lowest BCUT2D eigenvalue weighted by atomic mass is 9.98. The molecule has 2 aromatic carbocycles. The summed E-state index contributed by atoms with van der Waals surface area (Å²) in [5.41, 5.74) is 5.08. The number of nitrogens with zero attached hydrogens (tertiary/aromatic N) is 2. The van der Waals surface area contributed by atoms with Gasteiger partial charge in [-0.3, -0.25) is 4.79 Å². The number of fused-ring (bicyclic) bond motifs is 1. The van der Waals surface area contributed by atoms with Gasteiger partial charge in [-0.2, -0.15) is 0 Å². The first-order chi connectivity index (χ1) is 14.9. The quantitative estimate of drug-likeness (QED) is 0.558. The Balaban J connectivity index is 1.54. The molecule has 4 rings (SSSR count). The highest BCUT2D eigenvalue weighted by molar-refractivity contribution is 5.98. The van der Waals surface area contributed by atoms with E-state index in [1.807, 2.05) is 42.7 Å². The summed E-state index contributed by atoms with van der Waals surface area (Å²) in [5, 5.41) is 1.02. The van der Waals surface area contributed by atoms with Gasteiger partial charge in [-0.15, -0.1) is 0 Å². The summed E-state index contributed by atoms with van der Waals surface area (Å²) < 4.78 is 25.4. The van der Waals surface area contributed by atoms with Gasteiger partial charge in [0.05, 0.1) is 19.1 Å². The summed E-state index contributed by atoms with van der Waals surface area (Å²) in [6, 6.07) is 8.78. The number of para-hydroxylation sites is 1. The zero-order valence-electron chi connectivity index (χ0n) is 18.4. The van der Waals surface area contributed by atoms with Crippen molar-refractivity contribution in [3.05, 3.63) is 65.2 Å². The summed E-state index contributed by atoms with van der Waals surface area (Å²) >= 11 is 0. The van der Waals surface area contributed by atoms with Crippen LogP contribution in [0.1, 0.15) is 23.6 Å². The van der Waals surface area contributed by atoms with Crippen molar-refractivity contribution >= 4 is 28.1 Å². The van der Waals surface area contributed by atoms with Gasteiger partial charge in [-0.1, -0.05) is 12.1 Å². The molecule has 0 saturated carbocycles. The molecule has 0 atom stereocenters. The fraction of sp³-hybridized carbons (Fsp3) is 0.320. The number of allylic oxidation sites excluding steroid dienone is 1. The minimum absolute atomic E-state index is 0.0468. The van der Waals surface area contributed by atoms with Crippen molar-refractivity contribution in [3.63, 3.8) is 0 Å². The molecule has 1 amide bonds. The van der Waals surface area contributed by atoms with E-state index in [2.05, 4.69) is 0 Å². The Morgan fingerprint density at radius 1 is 1.16 bits per heavy atom. The molecular weight excluding hydrogens is 395 g/mol. The second-order valence-electron chi connectivity index (χ2n) is 7.97. The maximum Gasteiger partial charge on any atom is 0.246 e. The minimum atomic E-state index is -0.231. The summed E-state index contributed by atoms with van der Waals surface area (Å²) in [6.45, 7) is 8.18. The van der Waals surface area contributed by atoms with E-state index in [0.29, 0.717) is 37.6 Å². The predicted octanol–water partition coefficient (Wildman–Crippen LogP) is 4.95. The third kappa shape index (κ3) is 3.90. The normalized spacial score (nSPS) is 14.9. The van der Waals surface area contributed by atoms with Gasteiger partial charge >= 0.3 is 0 Å². The third-order valence-corrected chi connectivity index (χ3v) is 5.99. The molecule has 6 heteroatoms. The first kappa shape index (κ1) is 21.0. The van der Waals surface area contributed by atoms with Crippen molar-refractivity contribution in [1.29, 1.82) is 0 Å². The molecule has 5 nitrogen and oxygen atoms in total. The number of rotatable bonds is 4. The van der Waals surface area contributed by atoms with E-state index in [9.17, 15) is 9.18 Å². The van der Waals surface area contributed by atoms with Crippen LogP contribution in [0.5, 0.6) is 5.75 Å². The number of piperazine rings is 1. The number of amides is 1. The van der Waals surface area contributed by atoms with Crippen LogP contribution in [0.3, 0.4) is 0 Å². The number of ether oxygens (including phenoxy) is 1. The van der Waals surface area contributed by atoms with Crippen LogP contribution < -0.4 is 9.64 Å². The highest BCUT2D eigenvalue weighted by Crippen LogP contribution is 2.37. The Labute approximate surface area is 181 Å². The summed E-state index contributed by atoms with van der Waals surface area (Å²) in [4.78, 5) is 16.7. The molecule has 1 fully saturated rings. The van der Waals surface area contributed by atoms with Crippen LogP contribution >= 0.6 is 0 Å². The topological polar surface area (TPSA) is 45.9 Å². The van der Waals surface area contributed by atoms with Gasteiger partial charge in [0.25, 0.3) is 0 Å². The predicted molar refractivity (Wildman–Crippen MR) is 121 cm³/mol. The molecule has 1 aliphatic heterocycles. The fourth-order valence-corrected chi connectivity index (χ4v) is 4.22. The largest absolute Gasteiger partial charge is 0.496 e. The van der Waals surface area contributed by atoms with Crippen LogP contribution in [-0.4, -0.2) is 44.1 Å². The number of halogens is 1. The molecule has 2 heterocycles. The molecule has 1 saturated heterocycles. The Kier molecular flexibility index (Phi) is 5.72. The molecule has 3 aromatic rings. The van der Waals surface area contributed by atoms with Gasteiger partial charge in [0.15, 0.2) is 0 Å². The van der Waals surface area contributed by atoms with Crippen molar-refractivity contribution in [2.45, 2.75) is 20.8 Å². The van der Waals surface area contributed by atoms with E-state index >= 15 is 0 Å². The Morgan fingerprint density at radius 3 is 2.55 bits per heavy atom. The minimum Gasteiger partial charge on any atom is -0.496 e. The number of methoxy groups -OCH3 is 1. The second kappa shape index (κ2) is 8.46. The Hall–Kier alpha value is -3.28. The number of aryl methyl sites for hydroxylation is 2. The summed E-state index contributed by atoms with van der Waals surface area (Å²) in [7, 11) is 1.63. The number of anilines is 1. The molecular formula is C25H27FN2O3. The standard InChI is InChI=1S/C25H27FN2O3/c1-16(19-14-20-17(2)15-31-25(20)18(3)24(19)30-4)13-23(29)28-11-9-27(10-12-28)22-8-6-5-7-21(22)26/h5-8,13-15H,9-12H2,1-4H3/b16-13+. The Morgan fingerprint density at radius 2 is 1.87 bits per heavy atom. The van der Waals surface area contributed by atoms with E-state index in [1.54, 1.807) is 31.6 Å². The molecule has 1 aromatic heterocycles. The first-order valence-electron chi connectivity index (χ1n) is 10.4. The molecule has 0 radical (unpaired) electrons. The number of hydrogen-bond acceptors (Lipinski definition) is 4. The number of carbonyl (C=O) groups is 1. The van der Waals surface area contributed by atoms with Gasteiger partial charge in [-0.25, -0.2) is 4.39 Å². The molecule has 0 aliphatic carbocycles. The lowest BCUT2D eigenvalue weighted by molar-refractivity contribution is -0.126. The number of benzene rings is 2. The highest BCUT2D eigenvalue weighted by Gasteiger charge is 2.23. The van der Waals surface area contributed by atoms with E-state index in [0.717, 1.165) is 33.2 Å². The lowest BCUT2D eigenvalue weighted by Gasteiger charge is -2.35. The van der Waals surface area contributed by atoms with Crippen LogP contribution in [-0.2, 0) is 4.79 Å². The maximum atomic E-state index is 14.1. The first-order valence-corrected chi connectivity index (χ1v) is 10.4. The number of hydrogen-bond donors (Lipinski definition) is 0. The van der Waals surface area contributed by atoms with Gasteiger partial charge in [0, 0.05) is 48.8 Å². The molecule has 0 N–H and O–H groups in total. The van der Waals surface area contributed by atoms with Crippen LogP contribution in [0.15, 0.2) is 47.1 Å². The van der Waals surface area contributed by atoms with Crippen molar-refractivity contribution in [3.8, 4) is 5.75 Å². The number of furan rings is 1. The zero-order chi connectivity index (χ0) is 22.1. The van der Waals surface area contributed by atoms with Crippen molar-refractivity contribution in [1.82, 2.24) is 4.90 Å². The van der Waals surface area contributed by atoms with Crippen molar-refractivity contribution in [2.24, 2.45) is 0 Å². The van der Waals surface area contributed by atoms with Crippen LogP contribution in [0.25, 0.3) is 16.5 Å². The van der Waals surface area contributed by atoms with E-state index in [1.165, 1.54) is 6.07 Å². The number of carbonyl (C=O) groups excluding carboxylic acids is 1. The third-order valence-electron chi connectivity index (χ3n) is 5.99. The van der Waals surface area contributed by atoms with Crippen LogP contribution in [0, 0.1) is 19.7 Å². The smallest absolute Gasteiger partial charge is 0.246 e. The molecule has 0 bridgehead atoms. The SMILES string of the molecule is COc1c(/C(C)=C/C(=O)N2CCN(c3ccccc3F)CC2)cc2c(C)coc2c1C. The molecule has 1 aliphatic rings. The summed E-state index contributed by atoms with van der Waals surface area (Å²) in [5.74, 6) is 0.438. The van der Waals surface area contributed by atoms with Crippen molar-refractivity contribution in [2.75, 3.05) is 38.2 Å². The van der Waals surface area contributed by atoms with Gasteiger partial charge in [0.2, 0.25) is 5.91 Å². The zero-order valence-corrected chi connectivity index (χ0v) is 18.4. The molecule has 31 heavy (non-hydrogen) atoms. The van der Waals surface area contributed by atoms with Crippen LogP contribution in [0.2, 0.25) is 0 Å². The van der Waals surface area contributed by atoms with Gasteiger partial charge in [-0.05, 0) is 50.1 Å². The molecule has 0 spiro atoms. The maximum absolute atomic E-state index is 14.1. The molecule has 0 unspecified atom stereocenters. The molecule has 162 valence electrons. The van der Waals surface area contributed by atoms with Crippen molar-refractivity contribution < 1.29 is 18.3 Å². The monoisotopic (exact) mass is 422 g/mol. The van der Waals surface area contributed by atoms with E-state index in [-0.39, 0.29) is 11.7 Å². The second-order valence-corrected chi connectivity index (χ2v) is 7.97. The summed E-state index contributed by atoms with van der Waals surface area (Å²) in [6.07, 6.45) is 3.40. The highest BCUT2D eigenvalue weighted by atomic mass is 19.1. The van der Waals surface area contributed by atoms with Gasteiger partial charge < -0.3 is 19.0 Å². The van der Waals surface area contributed by atoms with Gasteiger partial charge in [0.1, 0.15) is 17.1 Å².